The molecular weight excluding hydrogens is 352 g/mol. The van der Waals surface area contributed by atoms with E-state index in [0.29, 0.717) is 25.7 Å². The van der Waals surface area contributed by atoms with Gasteiger partial charge in [-0.3, -0.25) is 14.9 Å². The third-order valence-corrected chi connectivity index (χ3v) is 4.93. The predicted molar refractivity (Wildman–Crippen MR) is 89.4 cm³/mol. The predicted octanol–water partition coefficient (Wildman–Crippen LogP) is 1.36. The summed E-state index contributed by atoms with van der Waals surface area (Å²) in [7, 11) is -3.85. The van der Waals surface area contributed by atoms with Crippen molar-refractivity contribution in [1.82, 2.24) is 4.72 Å². The molecule has 0 radical (unpaired) electrons. The summed E-state index contributed by atoms with van der Waals surface area (Å²) in [6.45, 7) is 1.41. The summed E-state index contributed by atoms with van der Waals surface area (Å²) in [4.78, 5) is 20.7. The first-order chi connectivity index (χ1) is 11.8. The molecule has 0 aliphatic heterocycles. The summed E-state index contributed by atoms with van der Waals surface area (Å²) in [6, 6.07) is 4.14. The van der Waals surface area contributed by atoms with Gasteiger partial charge in [0.1, 0.15) is 0 Å². The number of aliphatic hydroxyl groups is 1. The number of aliphatic hydroxyl groups excluding tert-OH is 1. The van der Waals surface area contributed by atoms with Crippen molar-refractivity contribution in [1.29, 1.82) is 0 Å². The first kappa shape index (κ1) is 21.0. The van der Waals surface area contributed by atoms with Crippen LogP contribution < -0.4 is 4.72 Å². The van der Waals surface area contributed by atoms with Crippen molar-refractivity contribution >= 4 is 21.7 Å². The number of hydrogen-bond acceptors (Lipinski definition) is 7. The monoisotopic (exact) mass is 374 g/mol. The second-order valence-corrected chi connectivity index (χ2v) is 7.13. The van der Waals surface area contributed by atoms with Crippen molar-refractivity contribution in [3.05, 3.63) is 34.4 Å². The number of benzene rings is 1. The second-order valence-electron chi connectivity index (χ2n) is 5.42. The largest absolute Gasteiger partial charge is 0.466 e. The molecule has 0 aromatic heterocycles. The van der Waals surface area contributed by atoms with E-state index in [0.717, 1.165) is 12.1 Å². The summed E-state index contributed by atoms with van der Waals surface area (Å²) >= 11 is 0. The Morgan fingerprint density at radius 3 is 2.40 bits per heavy atom. The SMILES string of the molecule is CC(=O)OCCC[C@@H](CCCO)NS(=O)(=O)c1ccc([N+](=O)[O-])cc1. The van der Waals surface area contributed by atoms with E-state index in [1.54, 1.807) is 0 Å². The molecule has 0 aliphatic carbocycles. The highest BCUT2D eigenvalue weighted by Crippen LogP contribution is 2.17. The highest BCUT2D eigenvalue weighted by molar-refractivity contribution is 7.89. The zero-order chi connectivity index (χ0) is 18.9. The lowest BCUT2D eigenvalue weighted by molar-refractivity contribution is -0.384. The molecule has 0 aliphatic rings. The van der Waals surface area contributed by atoms with Crippen LogP contribution in [0.3, 0.4) is 0 Å². The molecule has 0 bridgehead atoms. The number of rotatable bonds is 11. The van der Waals surface area contributed by atoms with Gasteiger partial charge in [-0.25, -0.2) is 13.1 Å². The van der Waals surface area contributed by atoms with E-state index in [4.69, 9.17) is 9.84 Å². The Morgan fingerprint density at radius 2 is 1.88 bits per heavy atom. The van der Waals surface area contributed by atoms with Gasteiger partial charge >= 0.3 is 5.97 Å². The van der Waals surface area contributed by atoms with Crippen molar-refractivity contribution in [3.63, 3.8) is 0 Å². The van der Waals surface area contributed by atoms with Crippen molar-refractivity contribution in [2.75, 3.05) is 13.2 Å². The lowest BCUT2D eigenvalue weighted by atomic mass is 10.1. The number of nitrogens with one attached hydrogen (secondary N) is 1. The molecule has 1 rings (SSSR count). The highest BCUT2D eigenvalue weighted by Gasteiger charge is 2.20. The third-order valence-electron chi connectivity index (χ3n) is 3.39. The van der Waals surface area contributed by atoms with Crippen LogP contribution in [0.5, 0.6) is 0 Å². The molecule has 0 saturated heterocycles. The summed E-state index contributed by atoms with van der Waals surface area (Å²) in [6.07, 6.45) is 1.74. The van der Waals surface area contributed by atoms with E-state index in [1.807, 2.05) is 0 Å². The molecule has 0 heterocycles. The van der Waals surface area contributed by atoms with Gasteiger partial charge < -0.3 is 9.84 Å². The van der Waals surface area contributed by atoms with Gasteiger partial charge in [-0.05, 0) is 37.8 Å². The number of esters is 1. The fourth-order valence-corrected chi connectivity index (χ4v) is 3.48. The molecule has 0 amide bonds. The lowest BCUT2D eigenvalue weighted by Crippen LogP contribution is -2.35. The number of nitro groups is 1. The maximum atomic E-state index is 12.4. The molecular formula is C15H22N2O7S. The van der Waals surface area contributed by atoms with Crippen LogP contribution in [0.4, 0.5) is 5.69 Å². The van der Waals surface area contributed by atoms with Crippen LogP contribution in [-0.2, 0) is 19.6 Å². The maximum Gasteiger partial charge on any atom is 0.302 e. The average Bonchev–Trinajstić information content (AvgIpc) is 2.56. The van der Waals surface area contributed by atoms with Crippen LogP contribution >= 0.6 is 0 Å². The molecule has 10 heteroatoms. The molecule has 0 fully saturated rings. The van der Waals surface area contributed by atoms with Gasteiger partial charge in [0.25, 0.3) is 5.69 Å². The molecule has 1 aromatic carbocycles. The van der Waals surface area contributed by atoms with Crippen LogP contribution in [0.1, 0.15) is 32.6 Å². The molecule has 0 unspecified atom stereocenters. The minimum Gasteiger partial charge on any atom is -0.466 e. The smallest absolute Gasteiger partial charge is 0.302 e. The zero-order valence-corrected chi connectivity index (χ0v) is 14.7. The number of nitrogens with zero attached hydrogens (tertiary/aromatic N) is 1. The third kappa shape index (κ3) is 7.59. The van der Waals surface area contributed by atoms with Crippen LogP contribution in [0.25, 0.3) is 0 Å². The fraction of sp³-hybridized carbons (Fsp3) is 0.533. The fourth-order valence-electron chi connectivity index (χ4n) is 2.18. The number of ether oxygens (including phenoxy) is 1. The lowest BCUT2D eigenvalue weighted by Gasteiger charge is -2.18. The molecule has 1 aromatic rings. The number of carbonyl (C=O) groups excluding carboxylic acids is 1. The molecule has 0 saturated carbocycles. The van der Waals surface area contributed by atoms with Gasteiger partial charge in [0, 0.05) is 31.7 Å². The van der Waals surface area contributed by atoms with Gasteiger partial charge in [0.2, 0.25) is 10.0 Å². The Balaban J connectivity index is 2.74. The molecule has 25 heavy (non-hydrogen) atoms. The van der Waals surface area contributed by atoms with E-state index < -0.39 is 27.0 Å². The van der Waals surface area contributed by atoms with E-state index in [2.05, 4.69) is 4.72 Å². The van der Waals surface area contributed by atoms with E-state index in [9.17, 15) is 23.3 Å². The van der Waals surface area contributed by atoms with Crippen LogP contribution in [0.2, 0.25) is 0 Å². The van der Waals surface area contributed by atoms with Gasteiger partial charge in [0.15, 0.2) is 0 Å². The minimum absolute atomic E-state index is 0.0697. The highest BCUT2D eigenvalue weighted by atomic mass is 32.2. The van der Waals surface area contributed by atoms with Gasteiger partial charge in [-0.1, -0.05) is 0 Å². The second kappa shape index (κ2) is 10.1. The first-order valence-corrected chi connectivity index (χ1v) is 9.25. The number of nitro benzene ring substituents is 1. The number of carbonyl (C=O) groups is 1. The van der Waals surface area contributed by atoms with Crippen molar-refractivity contribution in [3.8, 4) is 0 Å². The zero-order valence-electron chi connectivity index (χ0n) is 13.9. The number of sulfonamides is 1. The summed E-state index contributed by atoms with van der Waals surface area (Å²) in [5.74, 6) is -0.404. The van der Waals surface area contributed by atoms with Gasteiger partial charge in [-0.15, -0.1) is 0 Å². The normalized spacial score (nSPS) is 12.6. The minimum atomic E-state index is -3.85. The Hall–Kier alpha value is -2.04. The topological polar surface area (TPSA) is 136 Å². The van der Waals surface area contributed by atoms with Crippen LogP contribution in [-0.4, -0.2) is 43.7 Å². The summed E-state index contributed by atoms with van der Waals surface area (Å²) in [5, 5.41) is 19.6. The molecule has 9 nitrogen and oxygen atoms in total. The quantitative estimate of drug-likeness (QED) is 0.258. The maximum absolute atomic E-state index is 12.4. The van der Waals surface area contributed by atoms with E-state index in [1.165, 1.54) is 19.1 Å². The van der Waals surface area contributed by atoms with Crippen molar-refractivity contribution < 1.29 is 28.0 Å². The van der Waals surface area contributed by atoms with E-state index in [-0.39, 0.29) is 23.8 Å². The van der Waals surface area contributed by atoms with Gasteiger partial charge in [-0.2, -0.15) is 0 Å². The number of hydrogen-bond donors (Lipinski definition) is 2. The standard InChI is InChI=1S/C15H22N2O7S/c1-12(19)24-11-3-5-13(4-2-10-18)16-25(22,23)15-8-6-14(7-9-15)17(20)21/h6-9,13,16,18H,2-5,10-11H2,1H3/t13-/m1/s1. The molecule has 1 atom stereocenters. The first-order valence-electron chi connectivity index (χ1n) is 7.77. The van der Waals surface area contributed by atoms with Crippen molar-refractivity contribution in [2.45, 2.75) is 43.5 Å². The van der Waals surface area contributed by atoms with Gasteiger partial charge in [0.05, 0.1) is 16.4 Å². The number of non-ortho nitro benzene ring substituents is 1. The molecule has 0 spiro atoms. The average molecular weight is 374 g/mol. The summed E-state index contributed by atoms with van der Waals surface area (Å²) in [5.41, 5.74) is -0.197. The Labute approximate surface area is 146 Å². The van der Waals surface area contributed by atoms with Crippen LogP contribution in [0, 0.1) is 10.1 Å². The Bertz CT molecular complexity index is 674. The Morgan fingerprint density at radius 1 is 1.28 bits per heavy atom. The van der Waals surface area contributed by atoms with E-state index >= 15 is 0 Å². The van der Waals surface area contributed by atoms with Crippen molar-refractivity contribution in [2.24, 2.45) is 0 Å². The molecule has 2 N–H and O–H groups in total. The Kier molecular flexibility index (Phi) is 8.46. The summed E-state index contributed by atoms with van der Waals surface area (Å²) < 4.78 is 32.1. The van der Waals surface area contributed by atoms with Crippen LogP contribution in [0.15, 0.2) is 29.2 Å². The molecule has 140 valence electrons.